The van der Waals surface area contributed by atoms with E-state index in [4.69, 9.17) is 0 Å². The van der Waals surface area contributed by atoms with E-state index in [1.54, 1.807) is 0 Å². The average Bonchev–Trinajstić information content (AvgIpc) is 2.93. The molecular weight excluding hydrogens is 337 g/mol. The maximum atomic E-state index is 12.6. The van der Waals surface area contributed by atoms with E-state index in [9.17, 15) is 26.7 Å². The molecule has 1 aromatic rings. The van der Waals surface area contributed by atoms with Crippen molar-refractivity contribution in [1.29, 1.82) is 0 Å². The number of alkyl halides is 5. The van der Waals surface area contributed by atoms with Crippen molar-refractivity contribution in [1.82, 2.24) is 15.6 Å². The molecule has 24 heavy (non-hydrogen) atoms. The first-order chi connectivity index (χ1) is 11.2. The van der Waals surface area contributed by atoms with Crippen LogP contribution in [0.2, 0.25) is 0 Å². The van der Waals surface area contributed by atoms with Crippen molar-refractivity contribution in [3.05, 3.63) is 23.9 Å². The van der Waals surface area contributed by atoms with Gasteiger partial charge in [0.15, 0.2) is 0 Å². The summed E-state index contributed by atoms with van der Waals surface area (Å²) in [6.45, 7) is -3.00. The lowest BCUT2D eigenvalue weighted by Crippen LogP contribution is -2.41. The molecule has 1 fully saturated rings. The molecule has 0 bridgehead atoms. The molecule has 2 atom stereocenters. The summed E-state index contributed by atoms with van der Waals surface area (Å²) in [7, 11) is 0. The molecule has 1 heterocycles. The van der Waals surface area contributed by atoms with E-state index in [1.165, 1.54) is 18.3 Å². The molecule has 2 rings (SSSR count). The van der Waals surface area contributed by atoms with Crippen molar-refractivity contribution in [3.8, 4) is 5.88 Å². The summed E-state index contributed by atoms with van der Waals surface area (Å²) in [5, 5.41) is 4.94. The quantitative estimate of drug-likeness (QED) is 0.799. The largest absolute Gasteiger partial charge is 0.417 e. The molecule has 5 nitrogen and oxygen atoms in total. The van der Waals surface area contributed by atoms with E-state index in [0.717, 1.165) is 0 Å². The summed E-state index contributed by atoms with van der Waals surface area (Å²) in [4.78, 5) is 15.3. The number of carbonyl (C=O) groups is 1. The molecule has 1 aliphatic carbocycles. The first kappa shape index (κ1) is 18.2. The number of rotatable bonds is 5. The fourth-order valence-electron chi connectivity index (χ4n) is 2.54. The fraction of sp³-hybridized carbons (Fsp3) is 0.571. The summed E-state index contributed by atoms with van der Waals surface area (Å²) in [6, 6.07) is 1.58. The van der Waals surface area contributed by atoms with E-state index in [2.05, 4.69) is 20.4 Å². The normalized spacial score (nSPS) is 20.9. The van der Waals surface area contributed by atoms with E-state index in [-0.39, 0.29) is 31.7 Å². The van der Waals surface area contributed by atoms with Crippen molar-refractivity contribution in [2.24, 2.45) is 5.92 Å². The first-order valence-corrected chi connectivity index (χ1v) is 7.25. The molecule has 1 aromatic heterocycles. The number of ether oxygens (including phenoxy) is 1. The molecular formula is C14H16F5N3O2. The third-order valence-electron chi connectivity index (χ3n) is 3.69. The summed E-state index contributed by atoms with van der Waals surface area (Å²) >= 11 is 0. The van der Waals surface area contributed by atoms with Crippen molar-refractivity contribution < 1.29 is 31.5 Å². The molecule has 1 saturated carbocycles. The zero-order chi connectivity index (χ0) is 17.7. The zero-order valence-corrected chi connectivity index (χ0v) is 12.4. The van der Waals surface area contributed by atoms with E-state index < -0.39 is 30.8 Å². The number of aromatic nitrogens is 1. The van der Waals surface area contributed by atoms with Crippen LogP contribution in [-0.4, -0.2) is 29.8 Å². The number of amides is 2. The highest BCUT2D eigenvalue weighted by atomic mass is 19.4. The van der Waals surface area contributed by atoms with Crippen molar-refractivity contribution >= 4 is 6.03 Å². The molecule has 0 aliphatic heterocycles. The van der Waals surface area contributed by atoms with Gasteiger partial charge < -0.3 is 15.4 Å². The van der Waals surface area contributed by atoms with Crippen LogP contribution in [0.5, 0.6) is 5.88 Å². The van der Waals surface area contributed by atoms with Crippen LogP contribution in [0.15, 0.2) is 18.3 Å². The first-order valence-electron chi connectivity index (χ1n) is 7.25. The van der Waals surface area contributed by atoms with Crippen LogP contribution in [0.1, 0.15) is 24.8 Å². The number of nitrogens with one attached hydrogen (secondary N) is 2. The van der Waals surface area contributed by atoms with Gasteiger partial charge in [-0.25, -0.2) is 9.78 Å². The van der Waals surface area contributed by atoms with Gasteiger partial charge in [0.25, 0.3) is 0 Å². The summed E-state index contributed by atoms with van der Waals surface area (Å²) < 4.78 is 66.0. The van der Waals surface area contributed by atoms with Gasteiger partial charge in [0.2, 0.25) is 5.88 Å². The van der Waals surface area contributed by atoms with Gasteiger partial charge in [-0.3, -0.25) is 0 Å². The highest BCUT2D eigenvalue weighted by Gasteiger charge is 2.44. The number of hydrogen-bond acceptors (Lipinski definition) is 3. The monoisotopic (exact) mass is 353 g/mol. The maximum absolute atomic E-state index is 12.6. The van der Waals surface area contributed by atoms with Gasteiger partial charge in [-0.1, -0.05) is 0 Å². The molecule has 2 amide bonds. The Morgan fingerprint density at radius 1 is 1.38 bits per heavy atom. The SMILES string of the molecule is O=C(NCc1ccnc(OC(F)F)c1)N[C@@H]1CC[C@@H](C(F)(F)F)C1. The van der Waals surface area contributed by atoms with Crippen molar-refractivity contribution in [2.45, 2.75) is 44.6 Å². The van der Waals surface area contributed by atoms with Gasteiger partial charge in [-0.15, -0.1) is 0 Å². The van der Waals surface area contributed by atoms with E-state index in [0.29, 0.717) is 5.56 Å². The summed E-state index contributed by atoms with van der Waals surface area (Å²) in [6.07, 6.45) is -2.88. The third kappa shape index (κ3) is 5.50. The van der Waals surface area contributed by atoms with Crippen LogP contribution in [0.3, 0.4) is 0 Å². The fourth-order valence-corrected chi connectivity index (χ4v) is 2.54. The molecule has 0 radical (unpaired) electrons. The van der Waals surface area contributed by atoms with Gasteiger partial charge >= 0.3 is 18.8 Å². The third-order valence-corrected chi connectivity index (χ3v) is 3.69. The van der Waals surface area contributed by atoms with Crippen LogP contribution >= 0.6 is 0 Å². The molecule has 0 unspecified atom stereocenters. The number of hydrogen-bond donors (Lipinski definition) is 2. The minimum absolute atomic E-state index is 0.00334. The molecule has 10 heteroatoms. The summed E-state index contributed by atoms with van der Waals surface area (Å²) in [5.41, 5.74) is 0.468. The number of urea groups is 1. The van der Waals surface area contributed by atoms with Gasteiger partial charge in [0, 0.05) is 24.8 Å². The topological polar surface area (TPSA) is 63.2 Å². The van der Waals surface area contributed by atoms with Gasteiger partial charge in [-0.05, 0) is 30.9 Å². The number of pyridine rings is 1. The highest BCUT2D eigenvalue weighted by Crippen LogP contribution is 2.38. The maximum Gasteiger partial charge on any atom is 0.391 e. The second-order valence-corrected chi connectivity index (χ2v) is 5.46. The highest BCUT2D eigenvalue weighted by molar-refractivity contribution is 5.74. The zero-order valence-electron chi connectivity index (χ0n) is 12.4. The number of nitrogens with zero attached hydrogens (tertiary/aromatic N) is 1. The lowest BCUT2D eigenvalue weighted by atomic mass is 10.1. The number of carbonyl (C=O) groups excluding carboxylic acids is 1. The standard InChI is InChI=1S/C14H16F5N3O2/c15-12(16)24-11-5-8(3-4-20-11)7-21-13(23)22-10-2-1-9(6-10)14(17,18)19/h3-5,9-10,12H,1-2,6-7H2,(H2,21,22,23)/t9-,10-/m1/s1. The van der Waals surface area contributed by atoms with Crippen LogP contribution in [-0.2, 0) is 6.54 Å². The Morgan fingerprint density at radius 3 is 2.75 bits per heavy atom. The molecule has 134 valence electrons. The smallest absolute Gasteiger partial charge is 0.391 e. The van der Waals surface area contributed by atoms with Crippen LogP contribution in [0.25, 0.3) is 0 Å². The Bertz CT molecular complexity index is 568. The second-order valence-electron chi connectivity index (χ2n) is 5.46. The minimum Gasteiger partial charge on any atom is -0.417 e. The summed E-state index contributed by atoms with van der Waals surface area (Å²) in [5.74, 6) is -1.68. The Labute approximate surface area is 134 Å². The van der Waals surface area contributed by atoms with Gasteiger partial charge in [0.05, 0.1) is 5.92 Å². The lowest BCUT2D eigenvalue weighted by molar-refractivity contribution is -0.172. The Hall–Kier alpha value is -2.13. The van der Waals surface area contributed by atoms with E-state index >= 15 is 0 Å². The van der Waals surface area contributed by atoms with Gasteiger partial charge in [-0.2, -0.15) is 22.0 Å². The Kier molecular flexibility index (Phi) is 5.79. The number of halogens is 5. The molecule has 1 aliphatic rings. The Morgan fingerprint density at radius 2 is 2.12 bits per heavy atom. The van der Waals surface area contributed by atoms with E-state index in [1.807, 2.05) is 0 Å². The second kappa shape index (κ2) is 7.63. The lowest BCUT2D eigenvalue weighted by Gasteiger charge is -2.16. The molecule has 2 N–H and O–H groups in total. The van der Waals surface area contributed by atoms with Crippen LogP contribution in [0.4, 0.5) is 26.7 Å². The van der Waals surface area contributed by atoms with Crippen LogP contribution in [0, 0.1) is 5.92 Å². The predicted molar refractivity (Wildman–Crippen MR) is 73.4 cm³/mol. The predicted octanol–water partition coefficient (Wildman–Crippen LogP) is 3.21. The minimum atomic E-state index is -4.24. The van der Waals surface area contributed by atoms with Gasteiger partial charge in [0.1, 0.15) is 0 Å². The van der Waals surface area contributed by atoms with Crippen molar-refractivity contribution in [2.75, 3.05) is 0 Å². The molecule has 0 aromatic carbocycles. The Balaban J connectivity index is 1.78. The van der Waals surface area contributed by atoms with Crippen LogP contribution < -0.4 is 15.4 Å². The molecule has 0 saturated heterocycles. The molecule has 0 spiro atoms. The average molecular weight is 353 g/mol. The van der Waals surface area contributed by atoms with Crippen molar-refractivity contribution in [3.63, 3.8) is 0 Å².